The van der Waals surface area contributed by atoms with E-state index < -0.39 is 0 Å². The molecule has 4 heteroatoms. The zero-order chi connectivity index (χ0) is 14.1. The first-order chi connectivity index (χ1) is 9.65. The molecule has 0 unspecified atom stereocenters. The van der Waals surface area contributed by atoms with Crippen LogP contribution in [0.4, 0.5) is 11.4 Å². The van der Waals surface area contributed by atoms with Gasteiger partial charge in [-0.05, 0) is 36.8 Å². The topological polar surface area (TPSA) is 50.7 Å². The predicted molar refractivity (Wildman–Crippen MR) is 84.7 cm³/mol. The number of hydrogen-bond donors (Lipinski definition) is 1. The van der Waals surface area contributed by atoms with E-state index in [1.807, 2.05) is 55.5 Å². The number of benzene rings is 2. The van der Waals surface area contributed by atoms with Crippen LogP contribution in [-0.2, 0) is 0 Å². The van der Waals surface area contributed by atoms with Gasteiger partial charge in [0.2, 0.25) is 0 Å². The highest BCUT2D eigenvalue weighted by Gasteiger charge is 2.22. The van der Waals surface area contributed by atoms with E-state index in [0.717, 1.165) is 22.6 Å². The van der Waals surface area contributed by atoms with Gasteiger partial charge in [0.05, 0.1) is 17.3 Å². The number of hydrogen-bond acceptors (Lipinski definition) is 3. The lowest BCUT2D eigenvalue weighted by atomic mass is 9.94. The number of para-hydroxylation sites is 2. The SMILES string of the molecule is CC1=Nc2ccccc2N=C(N)[C@@H]1c1ccc(Cl)cc1. The Morgan fingerprint density at radius 1 is 0.950 bits per heavy atom. The van der Waals surface area contributed by atoms with Crippen molar-refractivity contribution in [1.82, 2.24) is 0 Å². The van der Waals surface area contributed by atoms with Crippen molar-refractivity contribution in [3.05, 3.63) is 59.1 Å². The third-order valence-corrected chi connectivity index (χ3v) is 3.60. The maximum atomic E-state index is 6.19. The number of halogens is 1. The quantitative estimate of drug-likeness (QED) is 0.837. The van der Waals surface area contributed by atoms with Crippen LogP contribution in [0.2, 0.25) is 5.02 Å². The van der Waals surface area contributed by atoms with E-state index in [1.54, 1.807) is 0 Å². The molecule has 0 radical (unpaired) electrons. The van der Waals surface area contributed by atoms with E-state index in [4.69, 9.17) is 17.3 Å². The Balaban J connectivity index is 2.12. The van der Waals surface area contributed by atoms with Crippen molar-refractivity contribution >= 4 is 34.5 Å². The maximum absolute atomic E-state index is 6.19. The van der Waals surface area contributed by atoms with Crippen LogP contribution in [0.3, 0.4) is 0 Å². The molecule has 100 valence electrons. The Morgan fingerprint density at radius 3 is 2.20 bits per heavy atom. The zero-order valence-corrected chi connectivity index (χ0v) is 11.8. The van der Waals surface area contributed by atoms with Crippen LogP contribution in [0, 0.1) is 0 Å². The molecule has 0 spiro atoms. The van der Waals surface area contributed by atoms with Crippen LogP contribution in [0.25, 0.3) is 0 Å². The highest BCUT2D eigenvalue weighted by molar-refractivity contribution is 6.30. The van der Waals surface area contributed by atoms with Crippen LogP contribution in [-0.4, -0.2) is 11.5 Å². The van der Waals surface area contributed by atoms with Gasteiger partial charge in [-0.1, -0.05) is 35.9 Å². The second-order valence-electron chi connectivity index (χ2n) is 4.76. The minimum atomic E-state index is -0.111. The standard InChI is InChI=1S/C16H14ClN3/c1-10-15(11-6-8-12(17)9-7-11)16(18)20-14-5-3-2-4-13(14)19-10/h2-9,15H,1H3,(H2,18,20)/t15-/m0/s1. The molecule has 0 aliphatic carbocycles. The summed E-state index contributed by atoms with van der Waals surface area (Å²) in [5.74, 6) is 0.443. The molecule has 0 bridgehead atoms. The zero-order valence-electron chi connectivity index (χ0n) is 11.0. The molecule has 0 fully saturated rings. The summed E-state index contributed by atoms with van der Waals surface area (Å²) in [6.07, 6.45) is 0. The molecule has 1 aliphatic rings. The fourth-order valence-electron chi connectivity index (χ4n) is 2.39. The fourth-order valence-corrected chi connectivity index (χ4v) is 2.52. The summed E-state index contributed by atoms with van der Waals surface area (Å²) in [5, 5.41) is 0.704. The fraction of sp³-hybridized carbons (Fsp3) is 0.125. The van der Waals surface area contributed by atoms with Crippen LogP contribution in [0.15, 0.2) is 58.5 Å². The third-order valence-electron chi connectivity index (χ3n) is 3.34. The molecule has 2 aromatic carbocycles. The molecule has 20 heavy (non-hydrogen) atoms. The molecule has 0 aromatic heterocycles. The molecule has 0 saturated heterocycles. The van der Waals surface area contributed by atoms with E-state index in [9.17, 15) is 0 Å². The van der Waals surface area contributed by atoms with Gasteiger partial charge >= 0.3 is 0 Å². The average molecular weight is 284 g/mol. The molecule has 0 saturated carbocycles. The largest absolute Gasteiger partial charge is 0.386 e. The van der Waals surface area contributed by atoms with E-state index in [0.29, 0.717) is 10.9 Å². The van der Waals surface area contributed by atoms with E-state index >= 15 is 0 Å². The van der Waals surface area contributed by atoms with Crippen molar-refractivity contribution in [2.75, 3.05) is 0 Å². The third kappa shape index (κ3) is 2.32. The van der Waals surface area contributed by atoms with Gasteiger partial charge in [-0.25, -0.2) is 4.99 Å². The van der Waals surface area contributed by atoms with E-state index in [-0.39, 0.29) is 5.92 Å². The smallest absolute Gasteiger partial charge is 0.113 e. The van der Waals surface area contributed by atoms with Gasteiger partial charge in [0.1, 0.15) is 5.84 Å². The first-order valence-corrected chi connectivity index (χ1v) is 6.76. The Hall–Kier alpha value is -2.13. The van der Waals surface area contributed by atoms with Gasteiger partial charge < -0.3 is 5.73 Å². The van der Waals surface area contributed by atoms with E-state index in [2.05, 4.69) is 9.98 Å². The van der Waals surface area contributed by atoms with Crippen LogP contribution in [0.1, 0.15) is 18.4 Å². The van der Waals surface area contributed by atoms with Crippen molar-refractivity contribution in [2.24, 2.45) is 15.7 Å². The minimum Gasteiger partial charge on any atom is -0.386 e. The van der Waals surface area contributed by atoms with E-state index in [1.165, 1.54) is 0 Å². The Bertz CT molecular complexity index is 663. The number of fused-ring (bicyclic) bond motifs is 1. The summed E-state index contributed by atoms with van der Waals surface area (Å²) >= 11 is 5.94. The average Bonchev–Trinajstić information content (AvgIpc) is 2.55. The van der Waals surface area contributed by atoms with Gasteiger partial charge in [0.15, 0.2) is 0 Å². The van der Waals surface area contributed by atoms with Gasteiger partial charge in [-0.15, -0.1) is 0 Å². The molecular weight excluding hydrogens is 270 g/mol. The summed E-state index contributed by atoms with van der Waals surface area (Å²) in [6.45, 7) is 1.98. The molecule has 0 amide bonds. The molecule has 2 aromatic rings. The van der Waals surface area contributed by atoms with Gasteiger partial charge in [0, 0.05) is 10.7 Å². The Labute approximate surface area is 122 Å². The summed E-state index contributed by atoms with van der Waals surface area (Å²) in [4.78, 5) is 9.18. The van der Waals surface area contributed by atoms with Crippen LogP contribution >= 0.6 is 11.6 Å². The highest BCUT2D eigenvalue weighted by atomic mass is 35.5. The molecular formula is C16H14ClN3. The normalized spacial score (nSPS) is 17.8. The Kier molecular flexibility index (Phi) is 3.28. The van der Waals surface area contributed by atoms with Crippen molar-refractivity contribution in [1.29, 1.82) is 0 Å². The van der Waals surface area contributed by atoms with Gasteiger partial charge in [0.25, 0.3) is 0 Å². The summed E-state index contributed by atoms with van der Waals surface area (Å²) in [6, 6.07) is 15.4. The summed E-state index contributed by atoms with van der Waals surface area (Å²) in [7, 11) is 0. The summed E-state index contributed by atoms with van der Waals surface area (Å²) in [5.41, 5.74) is 9.82. The number of aliphatic imine (C=N–C) groups is 2. The van der Waals surface area contributed by atoms with Gasteiger partial charge in [-0.3, -0.25) is 4.99 Å². The molecule has 3 rings (SSSR count). The predicted octanol–water partition coefficient (Wildman–Crippen LogP) is 4.22. The van der Waals surface area contributed by atoms with Crippen LogP contribution < -0.4 is 5.73 Å². The van der Waals surface area contributed by atoms with Crippen molar-refractivity contribution in [3.8, 4) is 0 Å². The van der Waals surface area contributed by atoms with Crippen LogP contribution in [0.5, 0.6) is 0 Å². The second-order valence-corrected chi connectivity index (χ2v) is 5.20. The lowest BCUT2D eigenvalue weighted by Gasteiger charge is -2.15. The van der Waals surface area contributed by atoms with Crippen molar-refractivity contribution in [3.63, 3.8) is 0 Å². The molecule has 1 heterocycles. The number of rotatable bonds is 1. The minimum absolute atomic E-state index is 0.111. The van der Waals surface area contributed by atoms with Crippen molar-refractivity contribution in [2.45, 2.75) is 12.8 Å². The van der Waals surface area contributed by atoms with Crippen molar-refractivity contribution < 1.29 is 0 Å². The molecule has 1 aliphatic heterocycles. The van der Waals surface area contributed by atoms with Gasteiger partial charge in [-0.2, -0.15) is 0 Å². The summed E-state index contributed by atoms with van der Waals surface area (Å²) < 4.78 is 0. The monoisotopic (exact) mass is 283 g/mol. The molecule has 1 atom stereocenters. The molecule has 3 nitrogen and oxygen atoms in total. The number of amidine groups is 1. The maximum Gasteiger partial charge on any atom is 0.113 e. The first kappa shape index (κ1) is 12.9. The Morgan fingerprint density at radius 2 is 1.55 bits per heavy atom. The molecule has 2 N–H and O–H groups in total. The number of nitrogens with two attached hydrogens (primary N) is 1. The second kappa shape index (κ2) is 5.10. The lowest BCUT2D eigenvalue weighted by molar-refractivity contribution is 1.16. The number of nitrogens with zero attached hydrogens (tertiary/aromatic N) is 2. The highest BCUT2D eigenvalue weighted by Crippen LogP contribution is 2.33. The first-order valence-electron chi connectivity index (χ1n) is 6.39. The lowest BCUT2D eigenvalue weighted by Crippen LogP contribution is -2.26.